The lowest BCUT2D eigenvalue weighted by Crippen LogP contribution is -2.44. The lowest BCUT2D eigenvalue weighted by atomic mass is 9.78. The topological polar surface area (TPSA) is 63.1 Å². The maximum Gasteiger partial charge on any atom is 0.253 e. The Bertz CT molecular complexity index is 664. The van der Waals surface area contributed by atoms with Crippen LogP contribution in [0, 0.1) is 5.41 Å². The van der Waals surface area contributed by atoms with Crippen LogP contribution in [0.4, 0.5) is 0 Å². The van der Waals surface area contributed by atoms with Gasteiger partial charge in [-0.25, -0.2) is 0 Å². The lowest BCUT2D eigenvalue weighted by molar-refractivity contribution is 0.0607. The highest BCUT2D eigenvalue weighted by atomic mass is 16.2. The third-order valence-corrected chi connectivity index (χ3v) is 5.27. The summed E-state index contributed by atoms with van der Waals surface area (Å²) >= 11 is 0. The first kappa shape index (κ1) is 14.4. The van der Waals surface area contributed by atoms with E-state index in [1.165, 1.54) is 6.42 Å². The highest BCUT2D eigenvalue weighted by Crippen LogP contribution is 2.37. The Morgan fingerprint density at radius 1 is 1.04 bits per heavy atom. The van der Waals surface area contributed by atoms with Gasteiger partial charge in [0.05, 0.1) is 0 Å². The average molecular weight is 311 g/mol. The fourth-order valence-electron chi connectivity index (χ4n) is 3.70. The summed E-state index contributed by atoms with van der Waals surface area (Å²) in [7, 11) is 0. The summed E-state index contributed by atoms with van der Waals surface area (Å²) in [5, 5.41) is 11.1. The van der Waals surface area contributed by atoms with Gasteiger partial charge >= 0.3 is 0 Å². The summed E-state index contributed by atoms with van der Waals surface area (Å²) < 4.78 is 1.83. The van der Waals surface area contributed by atoms with Crippen LogP contribution in [0.5, 0.6) is 0 Å². The van der Waals surface area contributed by atoms with Crippen LogP contribution in [0.1, 0.15) is 29.6 Å². The number of hydrogen-bond acceptors (Lipinski definition) is 4. The number of amides is 1. The van der Waals surface area contributed by atoms with Gasteiger partial charge in [0.2, 0.25) is 0 Å². The Balaban J connectivity index is 1.43. The third-order valence-electron chi connectivity index (χ3n) is 5.27. The summed E-state index contributed by atoms with van der Waals surface area (Å²) in [6.07, 6.45) is 6.78. The maximum absolute atomic E-state index is 12.7. The smallest absolute Gasteiger partial charge is 0.253 e. The third kappa shape index (κ3) is 2.74. The molecule has 0 bridgehead atoms. The minimum atomic E-state index is 0.140. The van der Waals surface area contributed by atoms with Crippen molar-refractivity contribution in [3.8, 4) is 5.69 Å². The monoisotopic (exact) mass is 311 g/mol. The summed E-state index contributed by atoms with van der Waals surface area (Å²) in [6, 6.07) is 7.64. The Morgan fingerprint density at radius 3 is 2.35 bits per heavy atom. The van der Waals surface area contributed by atoms with Crippen molar-refractivity contribution in [2.45, 2.75) is 19.3 Å². The molecule has 23 heavy (non-hydrogen) atoms. The van der Waals surface area contributed by atoms with Gasteiger partial charge in [0.25, 0.3) is 5.91 Å². The number of carbonyl (C=O) groups excluding carboxylic acids is 1. The molecule has 1 N–H and O–H groups in total. The Hall–Kier alpha value is -2.21. The molecule has 2 aliphatic rings. The van der Waals surface area contributed by atoms with Gasteiger partial charge in [0.1, 0.15) is 12.7 Å². The SMILES string of the molecule is O=C(c1ccc(-n2cnnc2)cc1)N1CCC2(CCNC2)CC1. The molecule has 6 heteroatoms. The molecule has 2 aromatic rings. The van der Waals surface area contributed by atoms with Gasteiger partial charge in [-0.2, -0.15) is 0 Å². The van der Waals surface area contributed by atoms with Gasteiger partial charge in [0, 0.05) is 30.9 Å². The van der Waals surface area contributed by atoms with Crippen molar-refractivity contribution >= 4 is 5.91 Å². The first-order chi connectivity index (χ1) is 11.3. The number of hydrogen-bond donors (Lipinski definition) is 1. The van der Waals surface area contributed by atoms with E-state index in [4.69, 9.17) is 0 Å². The molecule has 0 saturated carbocycles. The second-order valence-electron chi connectivity index (χ2n) is 6.64. The first-order valence-electron chi connectivity index (χ1n) is 8.21. The number of aromatic nitrogens is 3. The van der Waals surface area contributed by atoms with Crippen molar-refractivity contribution in [3.63, 3.8) is 0 Å². The Morgan fingerprint density at radius 2 is 1.74 bits per heavy atom. The Kier molecular flexibility index (Phi) is 3.61. The molecule has 2 saturated heterocycles. The van der Waals surface area contributed by atoms with Crippen molar-refractivity contribution in [3.05, 3.63) is 42.5 Å². The molecule has 3 heterocycles. The van der Waals surface area contributed by atoms with Gasteiger partial charge in [-0.05, 0) is 55.5 Å². The molecule has 120 valence electrons. The zero-order chi connectivity index (χ0) is 15.7. The molecule has 0 atom stereocenters. The van der Waals surface area contributed by atoms with Crippen molar-refractivity contribution in [2.24, 2.45) is 5.41 Å². The molecule has 1 spiro atoms. The fraction of sp³-hybridized carbons (Fsp3) is 0.471. The minimum absolute atomic E-state index is 0.140. The van der Waals surface area contributed by atoms with E-state index in [1.807, 2.05) is 33.7 Å². The van der Waals surface area contributed by atoms with Gasteiger partial charge in [0.15, 0.2) is 0 Å². The van der Waals surface area contributed by atoms with Crippen molar-refractivity contribution in [1.82, 2.24) is 25.0 Å². The van der Waals surface area contributed by atoms with E-state index in [-0.39, 0.29) is 5.91 Å². The van der Waals surface area contributed by atoms with Gasteiger partial charge in [-0.3, -0.25) is 9.36 Å². The first-order valence-corrected chi connectivity index (χ1v) is 8.21. The molecule has 0 unspecified atom stereocenters. The van der Waals surface area contributed by atoms with E-state index < -0.39 is 0 Å². The van der Waals surface area contributed by atoms with E-state index in [2.05, 4.69) is 15.5 Å². The largest absolute Gasteiger partial charge is 0.339 e. The van der Waals surface area contributed by atoms with Crippen LogP contribution in [0.25, 0.3) is 5.69 Å². The molecule has 1 aromatic carbocycles. The zero-order valence-corrected chi connectivity index (χ0v) is 13.1. The molecular weight excluding hydrogens is 290 g/mol. The average Bonchev–Trinajstić information content (AvgIpc) is 3.28. The summed E-state index contributed by atoms with van der Waals surface area (Å²) in [5.41, 5.74) is 2.15. The zero-order valence-electron chi connectivity index (χ0n) is 13.1. The standard InChI is InChI=1S/C17H21N5O/c23-16(21-9-6-17(7-10-21)5-8-18-11-17)14-1-3-15(4-2-14)22-12-19-20-13-22/h1-4,12-13,18H,5-11H2. The van der Waals surface area contributed by atoms with E-state index >= 15 is 0 Å². The summed E-state index contributed by atoms with van der Waals surface area (Å²) in [6.45, 7) is 3.97. The maximum atomic E-state index is 12.7. The van der Waals surface area contributed by atoms with E-state index in [1.54, 1.807) is 12.7 Å². The number of likely N-dealkylation sites (tertiary alicyclic amines) is 1. The van der Waals surface area contributed by atoms with Crippen LogP contribution < -0.4 is 5.32 Å². The van der Waals surface area contributed by atoms with Crippen LogP contribution in [0.3, 0.4) is 0 Å². The number of benzene rings is 1. The van der Waals surface area contributed by atoms with Crippen LogP contribution in [-0.4, -0.2) is 51.8 Å². The van der Waals surface area contributed by atoms with Crippen molar-refractivity contribution in [1.29, 1.82) is 0 Å². The number of nitrogens with zero attached hydrogens (tertiary/aromatic N) is 4. The van der Waals surface area contributed by atoms with Crippen molar-refractivity contribution < 1.29 is 4.79 Å². The van der Waals surface area contributed by atoms with E-state index in [0.29, 0.717) is 5.41 Å². The highest BCUT2D eigenvalue weighted by Gasteiger charge is 2.38. The molecular formula is C17H21N5O. The quantitative estimate of drug-likeness (QED) is 0.912. The van der Waals surface area contributed by atoms with Crippen LogP contribution in [0.2, 0.25) is 0 Å². The van der Waals surface area contributed by atoms with E-state index in [0.717, 1.165) is 50.3 Å². The molecule has 1 amide bonds. The molecule has 4 rings (SSSR count). The highest BCUT2D eigenvalue weighted by molar-refractivity contribution is 5.94. The second kappa shape index (κ2) is 5.77. The van der Waals surface area contributed by atoms with Gasteiger partial charge in [-0.15, -0.1) is 10.2 Å². The molecule has 1 aromatic heterocycles. The molecule has 0 radical (unpaired) electrons. The summed E-state index contributed by atoms with van der Waals surface area (Å²) in [5.74, 6) is 0.140. The molecule has 6 nitrogen and oxygen atoms in total. The van der Waals surface area contributed by atoms with Crippen molar-refractivity contribution in [2.75, 3.05) is 26.2 Å². The van der Waals surface area contributed by atoms with E-state index in [9.17, 15) is 4.79 Å². The number of carbonyl (C=O) groups is 1. The predicted octanol–water partition coefficient (Wildman–Crippen LogP) is 1.48. The molecule has 2 aliphatic heterocycles. The van der Waals surface area contributed by atoms with Crippen LogP contribution in [-0.2, 0) is 0 Å². The van der Waals surface area contributed by atoms with Crippen LogP contribution in [0.15, 0.2) is 36.9 Å². The normalized spacial score (nSPS) is 20.1. The number of rotatable bonds is 2. The number of piperidine rings is 1. The van der Waals surface area contributed by atoms with Gasteiger partial charge < -0.3 is 10.2 Å². The second-order valence-corrected chi connectivity index (χ2v) is 6.64. The lowest BCUT2D eigenvalue weighted by Gasteiger charge is -2.38. The number of nitrogens with one attached hydrogen (secondary N) is 1. The van der Waals surface area contributed by atoms with Crippen LogP contribution >= 0.6 is 0 Å². The fourth-order valence-corrected chi connectivity index (χ4v) is 3.70. The predicted molar refractivity (Wildman–Crippen MR) is 86.4 cm³/mol. The summed E-state index contributed by atoms with van der Waals surface area (Å²) in [4.78, 5) is 14.7. The van der Waals surface area contributed by atoms with Gasteiger partial charge in [-0.1, -0.05) is 0 Å². The minimum Gasteiger partial charge on any atom is -0.339 e. The molecule has 2 fully saturated rings. The Labute approximate surface area is 135 Å². The molecule has 0 aliphatic carbocycles.